The van der Waals surface area contributed by atoms with Gasteiger partial charge in [0.05, 0.1) is 19.3 Å². The second-order valence-corrected chi connectivity index (χ2v) is 4.74. The van der Waals surface area contributed by atoms with E-state index in [4.69, 9.17) is 10.8 Å². The van der Waals surface area contributed by atoms with E-state index >= 15 is 0 Å². The number of nitrogens with zero attached hydrogens (tertiary/aromatic N) is 3. The third-order valence-electron chi connectivity index (χ3n) is 2.71. The maximum Gasteiger partial charge on any atom is 0.0641 e. The summed E-state index contributed by atoms with van der Waals surface area (Å²) in [6.07, 6.45) is 5.41. The predicted octanol–water partition coefficient (Wildman–Crippen LogP) is 1.98. The van der Waals surface area contributed by atoms with Crippen molar-refractivity contribution in [2.75, 3.05) is 12.3 Å². The molecular formula is C13H14EsN4OS-2. The first-order chi connectivity index (χ1) is 8.79. The zero-order chi connectivity index (χ0) is 12.5. The maximum absolute atomic E-state index is 8.88. The Hall–Kier alpha value is -2.92. The van der Waals surface area contributed by atoms with Crippen LogP contribution < -0.4 is 5.73 Å². The van der Waals surface area contributed by atoms with Crippen LogP contribution in [0.4, 0.5) is 5.82 Å². The van der Waals surface area contributed by atoms with Crippen molar-refractivity contribution in [2.45, 2.75) is 6.54 Å². The van der Waals surface area contributed by atoms with Crippen LogP contribution in [0.3, 0.4) is 0 Å². The largest absolute Gasteiger partial charge is 0.434 e. The Morgan fingerprint density at radius 2 is 2.20 bits per heavy atom. The van der Waals surface area contributed by atoms with E-state index < -0.39 is 0 Å². The van der Waals surface area contributed by atoms with E-state index in [2.05, 4.69) is 16.1 Å². The van der Waals surface area contributed by atoms with Gasteiger partial charge >= 0.3 is 0 Å². The van der Waals surface area contributed by atoms with Gasteiger partial charge in [-0.25, -0.2) is 11.3 Å². The number of aromatic nitrogens is 3. The Kier molecular flexibility index (Phi) is 4.40. The van der Waals surface area contributed by atoms with Crippen LogP contribution in [0.5, 0.6) is 0 Å². The summed E-state index contributed by atoms with van der Waals surface area (Å²) in [6.45, 7) is 0.561. The third kappa shape index (κ3) is 2.30. The maximum atomic E-state index is 8.88. The van der Waals surface area contributed by atoms with Crippen LogP contribution in [0.25, 0.3) is 21.2 Å². The molecule has 0 saturated heterocycles. The number of rotatable bonds is 3. The van der Waals surface area contributed by atoms with Crippen molar-refractivity contribution < 1.29 is 5.11 Å². The quantitative estimate of drug-likeness (QED) is 0.512. The molecule has 0 amide bonds. The molecule has 0 unspecified atom stereocenters. The average Bonchev–Trinajstić information content (AvgIpc) is 2.99. The molecule has 0 aliphatic carbocycles. The molecule has 111 valence electrons. The number of pyridine rings is 1. The molecule has 0 aliphatic rings. The summed E-state index contributed by atoms with van der Waals surface area (Å²) in [5.74, 6) is 0.498. The Labute approximate surface area is 115 Å². The van der Waals surface area contributed by atoms with E-state index in [0.717, 1.165) is 21.2 Å². The fourth-order valence-corrected chi connectivity index (χ4v) is 2.72. The zero-order valence-corrected chi connectivity index (χ0v) is 14.1. The number of nitrogen functional groups attached to an aromatic ring is 1. The van der Waals surface area contributed by atoms with Crippen molar-refractivity contribution >= 4 is 27.2 Å². The third-order valence-corrected chi connectivity index (χ3v) is 3.61. The summed E-state index contributed by atoms with van der Waals surface area (Å²) in [5.41, 5.74) is 7.78. The van der Waals surface area contributed by atoms with E-state index in [1.807, 2.05) is 11.6 Å². The molecule has 0 aromatic carbocycles. The minimum absolute atomic E-state index is 0. The Morgan fingerprint density at radius 3 is 2.95 bits per heavy atom. The molecule has 0 aliphatic heterocycles. The molecular weight excluding hydrogens is 512 g/mol. The second-order valence-electron chi connectivity index (χ2n) is 3.86. The van der Waals surface area contributed by atoms with E-state index in [9.17, 15) is 0 Å². The van der Waals surface area contributed by atoms with E-state index in [1.54, 1.807) is 28.4 Å². The van der Waals surface area contributed by atoms with Gasteiger partial charge in [-0.1, -0.05) is 10.1 Å². The summed E-state index contributed by atoms with van der Waals surface area (Å²) in [6, 6.07) is 3.09. The topological polar surface area (TPSA) is 77.0 Å². The molecule has 0 bridgehead atoms. The monoisotopic (exact) mass is 526 g/mol. The minimum Gasteiger partial charge on any atom is -0.434 e. The van der Waals surface area contributed by atoms with E-state index in [0.29, 0.717) is 12.4 Å². The summed E-state index contributed by atoms with van der Waals surface area (Å²) in [4.78, 5) is 4.18. The van der Waals surface area contributed by atoms with Crippen LogP contribution in [-0.4, -0.2) is 26.5 Å². The number of hydrogen-bond donors (Lipinski definition) is 2. The summed E-state index contributed by atoms with van der Waals surface area (Å²) < 4.78 is 2.76. The Balaban J connectivity index is 0.000001000. The fraction of sp³-hybridized carbons (Fsp3) is 0.154. The Bertz CT molecular complexity index is 695. The predicted molar refractivity (Wildman–Crippen MR) is 77.6 cm³/mol. The van der Waals surface area contributed by atoms with Gasteiger partial charge in [0.25, 0.3) is 0 Å². The number of anilines is 1. The van der Waals surface area contributed by atoms with Gasteiger partial charge in [-0.05, 0) is 5.56 Å². The number of thiophene rings is 1. The van der Waals surface area contributed by atoms with Crippen LogP contribution in [0, 0.1) is 13.5 Å². The molecule has 7 heteroatoms. The van der Waals surface area contributed by atoms with Gasteiger partial charge in [0.1, 0.15) is 0 Å². The van der Waals surface area contributed by atoms with E-state index in [1.165, 1.54) is 0 Å². The van der Waals surface area contributed by atoms with Gasteiger partial charge in [-0.3, -0.25) is 4.68 Å². The molecule has 0 atom stereocenters. The molecule has 0 spiro atoms. The number of hydrogen-bond acceptors (Lipinski definition) is 5. The van der Waals surface area contributed by atoms with Gasteiger partial charge in [0, 0.05) is 23.8 Å². The molecule has 5 nitrogen and oxygen atoms in total. The molecule has 0 fully saturated rings. The van der Waals surface area contributed by atoms with Gasteiger partial charge in [-0.2, -0.15) is 11.2 Å². The van der Waals surface area contributed by atoms with Gasteiger partial charge in [0.2, 0.25) is 0 Å². The van der Waals surface area contributed by atoms with Crippen LogP contribution in [-0.2, 0) is 6.54 Å². The zero-order valence-electron chi connectivity index (χ0n) is 10.8. The van der Waals surface area contributed by atoms with Crippen molar-refractivity contribution in [3.05, 3.63) is 37.5 Å². The molecule has 1 radical (unpaired) electrons. The summed E-state index contributed by atoms with van der Waals surface area (Å²) in [5, 5.41) is 15.8. The SMILES string of the molecule is Nc1ncc(-c2cnn(CCO)c2)c2sc[c-]c12.[CH3-].[Es]. The molecule has 3 N–H and O–H groups in total. The minimum atomic E-state index is 0. The van der Waals surface area contributed by atoms with Crippen molar-refractivity contribution in [1.29, 1.82) is 0 Å². The molecule has 20 heavy (non-hydrogen) atoms. The molecule has 3 heterocycles. The van der Waals surface area contributed by atoms with Crippen LogP contribution >= 0.6 is 11.3 Å². The van der Waals surface area contributed by atoms with E-state index in [-0.39, 0.29) is 14.0 Å². The van der Waals surface area contributed by atoms with Gasteiger partial charge in [0.15, 0.2) is 0 Å². The smallest absolute Gasteiger partial charge is 0.0641 e. The summed E-state index contributed by atoms with van der Waals surface area (Å²) >= 11 is 1.58. The van der Waals surface area contributed by atoms with Crippen molar-refractivity contribution in [3.63, 3.8) is 0 Å². The molecule has 0 saturated carbocycles. The number of nitrogens with two attached hydrogens (primary N) is 1. The first-order valence-corrected chi connectivity index (χ1v) is 6.34. The van der Waals surface area contributed by atoms with Crippen LogP contribution in [0.2, 0.25) is 0 Å². The van der Waals surface area contributed by atoms with Crippen LogP contribution in [0.1, 0.15) is 0 Å². The number of fused-ring (bicyclic) bond motifs is 1. The first kappa shape index (κ1) is 15.1. The number of aliphatic hydroxyl groups excluding tert-OH is 1. The Morgan fingerprint density at radius 1 is 1.40 bits per heavy atom. The molecule has 3 aromatic rings. The van der Waals surface area contributed by atoms with Gasteiger partial charge in [-0.15, -0.1) is 5.39 Å². The van der Waals surface area contributed by atoms with Crippen molar-refractivity contribution in [1.82, 2.24) is 14.8 Å². The normalized spacial score (nSPS) is 10.1. The van der Waals surface area contributed by atoms with Crippen molar-refractivity contribution in [2.24, 2.45) is 0 Å². The summed E-state index contributed by atoms with van der Waals surface area (Å²) in [7, 11) is 0. The van der Waals surface area contributed by atoms with Crippen molar-refractivity contribution in [3.8, 4) is 11.1 Å². The molecule has 3 rings (SSSR count). The first-order valence-electron chi connectivity index (χ1n) is 5.46. The standard InChI is InChI=1S/C12H11N4OS.CH3.Es/c13-12-9-1-4-18-11(9)10(6-14-12)8-5-15-16(7-8)2-3-17;;/h4-7,17H,2-3H2,(H2,13,14);1H3;/q2*-1;. The van der Waals surface area contributed by atoms with Gasteiger partial charge < -0.3 is 23.3 Å². The average molecular weight is 526 g/mol. The van der Waals surface area contributed by atoms with Crippen LogP contribution in [0.15, 0.2) is 24.0 Å². The number of aliphatic hydroxyl groups is 1. The second kappa shape index (κ2) is 5.81. The fourth-order valence-electron chi connectivity index (χ4n) is 1.85. The molecule has 3 aromatic heterocycles.